The van der Waals surface area contributed by atoms with Crippen LogP contribution < -0.4 is 9.46 Å². The van der Waals surface area contributed by atoms with E-state index in [-0.39, 0.29) is 29.3 Å². The van der Waals surface area contributed by atoms with Gasteiger partial charge in [-0.2, -0.15) is 0 Å². The summed E-state index contributed by atoms with van der Waals surface area (Å²) in [4.78, 5) is 35.9. The summed E-state index contributed by atoms with van der Waals surface area (Å²) >= 11 is 0. The van der Waals surface area contributed by atoms with Crippen LogP contribution in [0, 0.1) is 10.1 Å². The second-order valence-corrected chi connectivity index (χ2v) is 7.17. The highest BCUT2D eigenvalue weighted by atomic mass is 32.2. The van der Waals surface area contributed by atoms with Crippen molar-refractivity contribution in [3.63, 3.8) is 0 Å². The third-order valence-corrected chi connectivity index (χ3v) is 5.00. The molecule has 1 aromatic carbocycles. The van der Waals surface area contributed by atoms with Gasteiger partial charge < -0.3 is 14.5 Å². The lowest BCUT2D eigenvalue weighted by Crippen LogP contribution is -2.27. The zero-order valence-corrected chi connectivity index (χ0v) is 15.5. The first kappa shape index (κ1) is 21.1. The monoisotopic (exact) mass is 411 g/mol. The summed E-state index contributed by atoms with van der Waals surface area (Å²) in [6.07, 6.45) is 1.23. The van der Waals surface area contributed by atoms with Crippen molar-refractivity contribution < 1.29 is 32.4 Å². The Labute approximate surface area is 159 Å². The van der Waals surface area contributed by atoms with Crippen LogP contribution in [0.4, 0.5) is 5.69 Å². The number of Topliss-reactive ketones (excluding diaryl/α,β-unsaturated/α-hetero) is 1. The Bertz CT molecular complexity index is 970. The van der Waals surface area contributed by atoms with Crippen LogP contribution in [0.1, 0.15) is 16.9 Å². The zero-order chi connectivity index (χ0) is 20.7. The van der Waals surface area contributed by atoms with E-state index in [0.29, 0.717) is 0 Å². The molecule has 0 radical (unpaired) electrons. The number of nitro groups is 1. The van der Waals surface area contributed by atoms with Crippen molar-refractivity contribution >= 4 is 27.5 Å². The lowest BCUT2D eigenvalue weighted by Gasteiger charge is -2.08. The predicted octanol–water partition coefficient (Wildman–Crippen LogP) is 1.03. The van der Waals surface area contributed by atoms with Gasteiger partial charge in [0.2, 0.25) is 15.8 Å². The first-order valence-corrected chi connectivity index (χ1v) is 9.37. The van der Waals surface area contributed by atoms with Crippen LogP contribution in [0.2, 0.25) is 0 Å². The summed E-state index contributed by atoms with van der Waals surface area (Å²) in [6.45, 7) is -0.783. The van der Waals surface area contributed by atoms with Gasteiger partial charge in [0, 0.05) is 18.8 Å². The normalized spacial score (nSPS) is 11.0. The Hall–Kier alpha value is -3.25. The minimum atomic E-state index is -4.09. The minimum absolute atomic E-state index is 0.0840. The maximum atomic E-state index is 12.2. The van der Waals surface area contributed by atoms with E-state index in [0.717, 1.165) is 18.2 Å². The van der Waals surface area contributed by atoms with Gasteiger partial charge >= 0.3 is 11.7 Å². The maximum Gasteiger partial charge on any atom is 0.312 e. The molecule has 0 spiro atoms. The number of H-pyrrole nitrogens is 1. The maximum absolute atomic E-state index is 12.2. The van der Waals surface area contributed by atoms with Crippen molar-refractivity contribution in [2.24, 2.45) is 0 Å². The van der Waals surface area contributed by atoms with E-state index in [2.05, 4.69) is 9.71 Å². The molecular weight excluding hydrogens is 394 g/mol. The number of esters is 1. The number of aromatic nitrogens is 1. The Morgan fingerprint density at radius 2 is 2.04 bits per heavy atom. The molecule has 2 rings (SSSR count). The van der Waals surface area contributed by atoms with Gasteiger partial charge in [-0.1, -0.05) is 0 Å². The number of carbonyl (C=O) groups is 2. The Kier molecular flexibility index (Phi) is 6.84. The lowest BCUT2D eigenvalue weighted by atomic mass is 10.3. The molecule has 0 atom stereocenters. The number of ketones is 1. The number of sulfonamides is 1. The highest BCUT2D eigenvalue weighted by Crippen LogP contribution is 2.29. The smallest absolute Gasteiger partial charge is 0.312 e. The number of benzene rings is 1. The van der Waals surface area contributed by atoms with Gasteiger partial charge in [0.1, 0.15) is 0 Å². The van der Waals surface area contributed by atoms with E-state index in [1.165, 1.54) is 13.2 Å². The first-order valence-electron chi connectivity index (χ1n) is 7.89. The summed E-state index contributed by atoms with van der Waals surface area (Å²) < 4.78 is 36.2. The van der Waals surface area contributed by atoms with Crippen LogP contribution >= 0.6 is 0 Å². The number of methoxy groups -OCH3 is 1. The molecule has 28 heavy (non-hydrogen) atoms. The first-order chi connectivity index (χ1) is 13.2. The van der Waals surface area contributed by atoms with Crippen molar-refractivity contribution in [1.29, 1.82) is 0 Å². The number of ether oxygens (including phenoxy) is 2. The van der Waals surface area contributed by atoms with Crippen LogP contribution in [0.25, 0.3) is 0 Å². The average Bonchev–Trinajstić information content (AvgIpc) is 3.20. The molecule has 2 N–H and O–H groups in total. The fourth-order valence-electron chi connectivity index (χ4n) is 2.15. The molecule has 2 aromatic rings. The second-order valence-electron chi connectivity index (χ2n) is 5.41. The molecule has 0 aliphatic heterocycles. The summed E-state index contributed by atoms with van der Waals surface area (Å²) in [5, 5.41) is 11.0. The molecule has 0 aliphatic carbocycles. The molecule has 0 bridgehead atoms. The van der Waals surface area contributed by atoms with E-state index in [1.54, 1.807) is 12.3 Å². The number of nitrogens with zero attached hydrogens (tertiary/aromatic N) is 1. The van der Waals surface area contributed by atoms with Gasteiger partial charge in [-0.3, -0.25) is 19.7 Å². The number of hydrogen-bond acceptors (Lipinski definition) is 8. The van der Waals surface area contributed by atoms with Gasteiger partial charge in [-0.25, -0.2) is 13.1 Å². The summed E-state index contributed by atoms with van der Waals surface area (Å²) in [7, 11) is -2.87. The number of rotatable bonds is 10. The average molecular weight is 411 g/mol. The van der Waals surface area contributed by atoms with Crippen molar-refractivity contribution in [2.45, 2.75) is 11.3 Å². The van der Waals surface area contributed by atoms with E-state index in [9.17, 15) is 28.1 Å². The molecule has 0 saturated heterocycles. The minimum Gasteiger partial charge on any atom is -0.490 e. The molecule has 12 heteroatoms. The third-order valence-electron chi connectivity index (χ3n) is 3.54. The van der Waals surface area contributed by atoms with Crippen molar-refractivity contribution in [1.82, 2.24) is 9.71 Å². The molecule has 0 amide bonds. The molecule has 11 nitrogen and oxygen atoms in total. The van der Waals surface area contributed by atoms with E-state index in [1.807, 2.05) is 0 Å². The Morgan fingerprint density at radius 3 is 2.64 bits per heavy atom. The Morgan fingerprint density at radius 1 is 1.29 bits per heavy atom. The van der Waals surface area contributed by atoms with Gasteiger partial charge in [0.25, 0.3) is 0 Å². The van der Waals surface area contributed by atoms with Gasteiger partial charge in [0.15, 0.2) is 12.4 Å². The number of nitrogens with one attached hydrogen (secondary N) is 2. The number of hydrogen-bond donors (Lipinski definition) is 2. The highest BCUT2D eigenvalue weighted by molar-refractivity contribution is 7.89. The largest absolute Gasteiger partial charge is 0.490 e. The molecule has 1 aromatic heterocycles. The molecule has 0 unspecified atom stereocenters. The fourth-order valence-corrected chi connectivity index (χ4v) is 3.20. The van der Waals surface area contributed by atoms with Crippen LogP contribution in [0.5, 0.6) is 5.75 Å². The SMILES string of the molecule is COc1ccc(S(=O)(=O)NCCC(=O)OCC(=O)c2ccc[nH]2)cc1[N+](=O)[O-]. The molecule has 0 fully saturated rings. The molecule has 1 heterocycles. The van der Waals surface area contributed by atoms with Gasteiger partial charge in [-0.05, 0) is 24.3 Å². The van der Waals surface area contributed by atoms with Crippen molar-refractivity contribution in [3.8, 4) is 5.75 Å². The van der Waals surface area contributed by atoms with Crippen molar-refractivity contribution in [2.75, 3.05) is 20.3 Å². The third kappa shape index (κ3) is 5.37. The molecule has 0 aliphatic rings. The molecule has 0 saturated carbocycles. The van der Waals surface area contributed by atoms with E-state index in [4.69, 9.17) is 9.47 Å². The summed E-state index contributed by atoms with van der Waals surface area (Å²) in [5.74, 6) is -1.29. The molecular formula is C16H17N3O8S. The van der Waals surface area contributed by atoms with Crippen LogP contribution in [-0.2, 0) is 19.6 Å². The lowest BCUT2D eigenvalue weighted by molar-refractivity contribution is -0.386. The van der Waals surface area contributed by atoms with Gasteiger partial charge in [-0.15, -0.1) is 0 Å². The summed E-state index contributed by atoms with van der Waals surface area (Å²) in [5.41, 5.74) is -0.220. The topological polar surface area (TPSA) is 158 Å². The number of aromatic amines is 1. The Balaban J connectivity index is 1.89. The highest BCUT2D eigenvalue weighted by Gasteiger charge is 2.22. The fraction of sp³-hybridized carbons (Fsp3) is 0.250. The quantitative estimate of drug-likeness (QED) is 0.254. The second kappa shape index (κ2) is 9.10. The number of nitro benzene ring substituents is 1. The summed E-state index contributed by atoms with van der Waals surface area (Å²) in [6, 6.07) is 6.30. The van der Waals surface area contributed by atoms with Gasteiger partial charge in [0.05, 0.1) is 29.0 Å². The van der Waals surface area contributed by atoms with E-state index < -0.39 is 39.0 Å². The van der Waals surface area contributed by atoms with Crippen molar-refractivity contribution in [3.05, 3.63) is 52.3 Å². The van der Waals surface area contributed by atoms with Crippen LogP contribution in [-0.4, -0.2) is 50.3 Å². The number of carbonyl (C=O) groups excluding carboxylic acids is 2. The zero-order valence-electron chi connectivity index (χ0n) is 14.7. The van der Waals surface area contributed by atoms with Crippen LogP contribution in [0.15, 0.2) is 41.4 Å². The standard InChI is InChI=1S/C16H17N3O8S/c1-26-15-5-4-11(9-13(15)19(22)23)28(24,25)18-8-6-16(21)27-10-14(20)12-3-2-7-17-12/h2-5,7,9,17-18H,6,8,10H2,1H3. The molecule has 150 valence electrons. The van der Waals surface area contributed by atoms with Crippen LogP contribution in [0.3, 0.4) is 0 Å². The van der Waals surface area contributed by atoms with E-state index >= 15 is 0 Å². The predicted molar refractivity (Wildman–Crippen MR) is 95.5 cm³/mol.